The molecule has 0 saturated carbocycles. The van der Waals surface area contributed by atoms with E-state index in [4.69, 9.17) is 0 Å². The van der Waals surface area contributed by atoms with Crippen molar-refractivity contribution in [3.8, 4) is 0 Å². The Morgan fingerprint density at radius 1 is 0.259 bits per heavy atom. The molecule has 0 aromatic heterocycles. The summed E-state index contributed by atoms with van der Waals surface area (Å²) in [6, 6.07) is 19.9. The van der Waals surface area contributed by atoms with Gasteiger partial charge in [0.1, 0.15) is 20.2 Å². The van der Waals surface area contributed by atoms with Gasteiger partial charge in [-0.05, 0) is 119 Å². The Morgan fingerprint density at radius 2 is 0.469 bits per heavy atom. The van der Waals surface area contributed by atoms with Gasteiger partial charge in [0.25, 0.3) is 0 Å². The Morgan fingerprint density at radius 3 is 0.691 bits per heavy atom. The zero-order valence-corrected chi connectivity index (χ0v) is 58.8. The molecule has 0 amide bonds. The maximum Gasteiger partial charge on any atom is 2.00 e. The molecule has 0 aliphatic rings. The summed E-state index contributed by atoms with van der Waals surface area (Å²) in [5.74, 6) is 0. The van der Waals surface area contributed by atoms with E-state index in [1.807, 2.05) is 12.1 Å². The number of rotatable bonds is 50. The maximum absolute atomic E-state index is 12.1. The summed E-state index contributed by atoms with van der Waals surface area (Å²) in [7, 11) is -8.98. The summed E-state index contributed by atoms with van der Waals surface area (Å²) in [5.41, 5.74) is 3.85. The van der Waals surface area contributed by atoms with Gasteiger partial charge in [-0.25, -0.2) is 16.8 Å². The molecule has 81 heavy (non-hydrogen) atoms. The minimum Gasteiger partial charge on any atom is -0.744 e. The topological polar surface area (TPSA) is 114 Å². The molecular formula is C72H118BaO6S2. The van der Waals surface area contributed by atoms with Crippen LogP contribution in [-0.2, 0) is 45.9 Å². The minimum atomic E-state index is -4.49. The molecule has 6 nitrogen and oxygen atoms in total. The monoisotopic (exact) mass is 1280 g/mol. The maximum atomic E-state index is 12.1. The van der Waals surface area contributed by atoms with E-state index in [1.165, 1.54) is 255 Å². The van der Waals surface area contributed by atoms with E-state index in [-0.39, 0.29) is 58.7 Å². The smallest absolute Gasteiger partial charge is 0.744 e. The van der Waals surface area contributed by atoms with Gasteiger partial charge in [0.05, 0.1) is 9.79 Å². The Labute approximate surface area is 540 Å². The van der Waals surface area contributed by atoms with Crippen molar-refractivity contribution in [2.45, 2.75) is 346 Å². The summed E-state index contributed by atoms with van der Waals surface area (Å²) in [6.07, 6.45) is 60.2. The second-order valence-electron chi connectivity index (χ2n) is 24.3. The molecule has 0 fully saturated rings. The predicted molar refractivity (Wildman–Crippen MR) is 350 cm³/mol. The summed E-state index contributed by atoms with van der Waals surface area (Å²) >= 11 is 0. The Bertz CT molecular complexity index is 2230. The molecule has 0 bridgehead atoms. The Balaban J connectivity index is 0.000000547. The number of unbranched alkanes of at least 4 members (excludes halogenated alkanes) is 40. The van der Waals surface area contributed by atoms with Gasteiger partial charge in [0.2, 0.25) is 0 Å². The first-order valence-electron chi connectivity index (χ1n) is 33.9. The van der Waals surface area contributed by atoms with Gasteiger partial charge >= 0.3 is 48.9 Å². The molecule has 0 atom stereocenters. The van der Waals surface area contributed by atoms with Crippen molar-refractivity contribution in [2.75, 3.05) is 0 Å². The number of fused-ring (bicyclic) bond motifs is 2. The number of benzene rings is 4. The fraction of sp³-hybridized carbons (Fsp3) is 0.722. The third kappa shape index (κ3) is 36.5. The molecule has 4 aromatic rings. The predicted octanol–water partition coefficient (Wildman–Crippen LogP) is 22.5. The molecule has 0 aliphatic carbocycles. The largest absolute Gasteiger partial charge is 2.00 e. The van der Waals surface area contributed by atoms with Crippen LogP contribution in [0.2, 0.25) is 0 Å². The standard InChI is InChI=1S/2C36H60O3S.Ba/c2*1-3-5-7-9-11-13-15-17-19-21-23-25-32-27-28-33-30-34(36(40(37,38)39)31-35(33)29-32)26-24-22-20-18-16-14-12-10-8-6-4-2;/h2*27-31H,3-26H2,1-2H3,(H,37,38,39);/q;;+2/p-2. The van der Waals surface area contributed by atoms with Crippen LogP contribution >= 0.6 is 0 Å². The number of aryl methyl sites for hydroxylation is 4. The Hall–Kier alpha value is -1.21. The van der Waals surface area contributed by atoms with Crippen LogP contribution in [0, 0.1) is 0 Å². The first-order valence-corrected chi connectivity index (χ1v) is 36.8. The SMILES string of the molecule is CCCCCCCCCCCCCc1ccc2cc(CCCCCCCCCCCCC)c(S(=O)(=O)[O-])cc2c1.CCCCCCCCCCCCCc1ccc2cc(CCCCCCCCCCCCC)c(S(=O)(=O)[O-])cc2c1.[Ba+2]. The molecule has 0 heterocycles. The van der Waals surface area contributed by atoms with Gasteiger partial charge in [-0.2, -0.15) is 0 Å². The molecule has 0 radical (unpaired) electrons. The average Bonchev–Trinajstić information content (AvgIpc) is 3.47. The molecule has 9 heteroatoms. The minimum absolute atomic E-state index is 0. The van der Waals surface area contributed by atoms with E-state index < -0.39 is 20.2 Å². The number of hydrogen-bond donors (Lipinski definition) is 0. The van der Waals surface area contributed by atoms with Crippen LogP contribution in [0.4, 0.5) is 0 Å². The summed E-state index contributed by atoms with van der Waals surface area (Å²) in [5, 5.41) is 3.82. The fourth-order valence-corrected chi connectivity index (χ4v) is 13.4. The van der Waals surface area contributed by atoms with Crippen molar-refractivity contribution < 1.29 is 25.9 Å². The molecule has 0 saturated heterocycles. The molecule has 0 unspecified atom stereocenters. The van der Waals surface area contributed by atoms with Gasteiger partial charge in [-0.15, -0.1) is 0 Å². The van der Waals surface area contributed by atoms with E-state index in [9.17, 15) is 25.9 Å². The van der Waals surface area contributed by atoms with Crippen molar-refractivity contribution in [2.24, 2.45) is 0 Å². The molecule has 4 aromatic carbocycles. The summed E-state index contributed by atoms with van der Waals surface area (Å²) < 4.78 is 72.7. The van der Waals surface area contributed by atoms with Gasteiger partial charge in [0.15, 0.2) is 0 Å². The Kier molecular flexibility index (Phi) is 45.8. The summed E-state index contributed by atoms with van der Waals surface area (Å²) in [6.45, 7) is 9.04. The van der Waals surface area contributed by atoms with Crippen molar-refractivity contribution >= 4 is 90.7 Å². The van der Waals surface area contributed by atoms with Crippen LogP contribution in [0.25, 0.3) is 21.5 Å². The van der Waals surface area contributed by atoms with E-state index in [0.29, 0.717) is 24.0 Å². The zero-order chi connectivity index (χ0) is 57.8. The first kappa shape index (κ1) is 75.9. The quantitative estimate of drug-likeness (QED) is 0.0247. The molecule has 0 spiro atoms. The van der Waals surface area contributed by atoms with Gasteiger partial charge in [-0.3, -0.25) is 0 Å². The van der Waals surface area contributed by atoms with E-state index in [1.54, 1.807) is 12.1 Å². The zero-order valence-electron chi connectivity index (χ0n) is 52.7. The third-order valence-electron chi connectivity index (χ3n) is 16.9. The van der Waals surface area contributed by atoms with Crippen molar-refractivity contribution in [3.05, 3.63) is 82.9 Å². The van der Waals surface area contributed by atoms with Gasteiger partial charge < -0.3 is 9.11 Å². The van der Waals surface area contributed by atoms with Crippen molar-refractivity contribution in [3.63, 3.8) is 0 Å². The first-order chi connectivity index (χ1) is 38.9. The second-order valence-corrected chi connectivity index (χ2v) is 27.0. The molecule has 4 rings (SSSR count). The normalized spacial score (nSPS) is 11.8. The van der Waals surface area contributed by atoms with Crippen molar-refractivity contribution in [1.29, 1.82) is 0 Å². The molecular weight excluding hydrogens is 1160 g/mol. The average molecular weight is 1280 g/mol. The van der Waals surface area contributed by atoms with Crippen LogP contribution in [0.5, 0.6) is 0 Å². The van der Waals surface area contributed by atoms with Crippen LogP contribution in [0.15, 0.2) is 70.5 Å². The molecule has 0 aliphatic heterocycles. The van der Waals surface area contributed by atoms with Crippen LogP contribution in [-0.4, -0.2) is 74.8 Å². The van der Waals surface area contributed by atoms with Crippen LogP contribution < -0.4 is 0 Å². The summed E-state index contributed by atoms with van der Waals surface area (Å²) in [4.78, 5) is -0.0298. The van der Waals surface area contributed by atoms with E-state index >= 15 is 0 Å². The van der Waals surface area contributed by atoms with Crippen LogP contribution in [0.1, 0.15) is 332 Å². The third-order valence-corrected chi connectivity index (χ3v) is 18.8. The van der Waals surface area contributed by atoms with Crippen LogP contribution in [0.3, 0.4) is 0 Å². The van der Waals surface area contributed by atoms with E-state index in [2.05, 4.69) is 64.1 Å². The molecule has 456 valence electrons. The fourth-order valence-electron chi connectivity index (χ4n) is 11.9. The van der Waals surface area contributed by atoms with E-state index in [0.717, 1.165) is 72.9 Å². The van der Waals surface area contributed by atoms with Gasteiger partial charge in [0, 0.05) is 0 Å². The number of hydrogen-bond acceptors (Lipinski definition) is 6. The van der Waals surface area contributed by atoms with Gasteiger partial charge in [-0.1, -0.05) is 321 Å². The van der Waals surface area contributed by atoms with Crippen molar-refractivity contribution in [1.82, 2.24) is 0 Å². The molecule has 0 N–H and O–H groups in total. The second kappa shape index (κ2) is 48.9.